The van der Waals surface area contributed by atoms with Gasteiger partial charge in [-0.2, -0.15) is 0 Å². The summed E-state index contributed by atoms with van der Waals surface area (Å²) in [6.45, 7) is 10.2. The lowest BCUT2D eigenvalue weighted by Crippen LogP contribution is -2.62. The van der Waals surface area contributed by atoms with Gasteiger partial charge in [0, 0.05) is 23.9 Å². The molecule has 3 unspecified atom stereocenters. The molecule has 0 aromatic carbocycles. The predicted octanol–water partition coefficient (Wildman–Crippen LogP) is 3.48. The van der Waals surface area contributed by atoms with Gasteiger partial charge in [-0.1, -0.05) is 46.3 Å². The number of fused-ring (bicyclic) bond motifs is 5. The Balaban J connectivity index is 0.00000124. The number of hydrogen-bond donors (Lipinski definition) is 2. The molecule has 3 saturated carbocycles. The van der Waals surface area contributed by atoms with Crippen LogP contribution >= 0.6 is 0 Å². The van der Waals surface area contributed by atoms with Crippen LogP contribution in [0.4, 0.5) is 0 Å². The van der Waals surface area contributed by atoms with Crippen LogP contribution in [-0.4, -0.2) is 47.2 Å². The Morgan fingerprint density at radius 2 is 1.97 bits per heavy atom. The first-order valence-corrected chi connectivity index (χ1v) is 11.5. The van der Waals surface area contributed by atoms with E-state index in [2.05, 4.69) is 13.8 Å². The number of carbonyl (C=O) groups excluding carboxylic acids is 2. The standard InChI is InChI=1S/C23H32O5.C2H6/c1-13-9-15-16-6-8-23(27,19(26)12-28-4)22(16,3)11-18(25)20(15)21(2)7-5-14(24)10-17(13)21;1-2/h5,7,10,13,15-16,18,20,25,27H,6,8-9,11-12H2,1-4H3;1-2H3/t13-,15?,16-,18-,20+,21?,22?,23-;/m0./s1. The first kappa shape index (κ1) is 23.4. The molecule has 0 spiro atoms. The first-order valence-electron chi connectivity index (χ1n) is 11.5. The SMILES string of the molecule is CC.COCC(=O)[C@@]1(O)CC[C@H]2C3C[C@H](C)C4=CC(=O)C=CC4(C)[C@H]3[C@@H](O)CC21C. The van der Waals surface area contributed by atoms with Crippen LogP contribution in [-0.2, 0) is 14.3 Å². The lowest BCUT2D eigenvalue weighted by Gasteiger charge is -2.60. The molecule has 0 heterocycles. The first-order chi connectivity index (χ1) is 14.1. The lowest BCUT2D eigenvalue weighted by molar-refractivity contribution is -0.180. The summed E-state index contributed by atoms with van der Waals surface area (Å²) in [5.74, 6) is 0.347. The smallest absolute Gasteiger partial charge is 0.190 e. The van der Waals surface area contributed by atoms with Crippen LogP contribution in [0.25, 0.3) is 0 Å². The second-order valence-corrected chi connectivity index (χ2v) is 10.00. The molecule has 0 amide bonds. The Bertz CT molecular complexity index is 770. The number of aliphatic hydroxyl groups excluding tert-OH is 1. The highest BCUT2D eigenvalue weighted by Gasteiger charge is 2.68. The fourth-order valence-corrected chi connectivity index (χ4v) is 7.46. The quantitative estimate of drug-likeness (QED) is 0.733. The molecule has 0 bridgehead atoms. The van der Waals surface area contributed by atoms with Crippen molar-refractivity contribution in [2.24, 2.45) is 34.5 Å². The van der Waals surface area contributed by atoms with Crippen molar-refractivity contribution in [1.29, 1.82) is 0 Å². The summed E-state index contributed by atoms with van der Waals surface area (Å²) in [4.78, 5) is 24.8. The summed E-state index contributed by atoms with van der Waals surface area (Å²) in [7, 11) is 1.47. The zero-order valence-electron chi connectivity index (χ0n) is 19.3. The average Bonchev–Trinajstić information content (AvgIpc) is 2.96. The molecule has 168 valence electrons. The van der Waals surface area contributed by atoms with E-state index in [-0.39, 0.29) is 47.3 Å². The van der Waals surface area contributed by atoms with Crippen LogP contribution in [0.3, 0.4) is 0 Å². The Hall–Kier alpha value is -1.30. The van der Waals surface area contributed by atoms with Crippen LogP contribution in [0, 0.1) is 34.5 Å². The van der Waals surface area contributed by atoms with Crippen molar-refractivity contribution in [2.75, 3.05) is 13.7 Å². The summed E-state index contributed by atoms with van der Waals surface area (Å²) in [5.41, 5.74) is -1.34. The number of rotatable bonds is 3. The van der Waals surface area contributed by atoms with Crippen molar-refractivity contribution in [3.05, 3.63) is 23.8 Å². The van der Waals surface area contributed by atoms with Crippen molar-refractivity contribution in [2.45, 2.75) is 72.0 Å². The van der Waals surface area contributed by atoms with Gasteiger partial charge in [0.25, 0.3) is 0 Å². The largest absolute Gasteiger partial charge is 0.393 e. The Labute approximate surface area is 180 Å². The van der Waals surface area contributed by atoms with Gasteiger partial charge < -0.3 is 14.9 Å². The molecule has 2 N–H and O–H groups in total. The van der Waals surface area contributed by atoms with E-state index in [4.69, 9.17) is 4.74 Å². The number of aliphatic hydroxyl groups is 2. The highest BCUT2D eigenvalue weighted by atomic mass is 16.5. The van der Waals surface area contributed by atoms with E-state index in [9.17, 15) is 19.8 Å². The third kappa shape index (κ3) is 3.08. The van der Waals surface area contributed by atoms with Gasteiger partial charge in [0.05, 0.1) is 6.10 Å². The predicted molar refractivity (Wildman–Crippen MR) is 116 cm³/mol. The van der Waals surface area contributed by atoms with Crippen LogP contribution in [0.2, 0.25) is 0 Å². The van der Waals surface area contributed by atoms with Gasteiger partial charge >= 0.3 is 0 Å². The van der Waals surface area contributed by atoms with Gasteiger partial charge in [0.15, 0.2) is 11.6 Å². The second-order valence-electron chi connectivity index (χ2n) is 10.00. The highest BCUT2D eigenvalue weighted by molar-refractivity contribution is 6.01. The molecule has 4 rings (SSSR count). The number of methoxy groups -OCH3 is 1. The van der Waals surface area contributed by atoms with Crippen molar-refractivity contribution >= 4 is 11.6 Å². The third-order valence-electron chi connectivity index (χ3n) is 8.71. The minimum atomic E-state index is -1.45. The van der Waals surface area contributed by atoms with E-state index in [1.54, 1.807) is 12.2 Å². The van der Waals surface area contributed by atoms with E-state index in [0.29, 0.717) is 12.8 Å². The zero-order chi connectivity index (χ0) is 22.5. The monoisotopic (exact) mass is 418 g/mol. The van der Waals surface area contributed by atoms with Gasteiger partial charge in [-0.15, -0.1) is 0 Å². The van der Waals surface area contributed by atoms with Gasteiger partial charge in [-0.25, -0.2) is 0 Å². The minimum absolute atomic E-state index is 0.00254. The lowest BCUT2D eigenvalue weighted by atomic mass is 9.45. The van der Waals surface area contributed by atoms with Crippen molar-refractivity contribution in [3.8, 4) is 0 Å². The molecule has 0 aromatic heterocycles. The number of carbonyl (C=O) groups is 2. The Kier molecular flexibility index (Phi) is 6.23. The summed E-state index contributed by atoms with van der Waals surface area (Å²) in [6, 6.07) is 0. The van der Waals surface area contributed by atoms with Crippen LogP contribution < -0.4 is 0 Å². The molecule has 8 atom stereocenters. The molecule has 3 fully saturated rings. The van der Waals surface area contributed by atoms with Crippen molar-refractivity contribution in [3.63, 3.8) is 0 Å². The Morgan fingerprint density at radius 3 is 2.60 bits per heavy atom. The Morgan fingerprint density at radius 1 is 1.30 bits per heavy atom. The molecule has 0 aromatic rings. The summed E-state index contributed by atoms with van der Waals surface area (Å²) in [6.07, 6.45) is 7.21. The molecule has 4 aliphatic rings. The number of ketones is 2. The van der Waals surface area contributed by atoms with Crippen molar-refractivity contribution in [1.82, 2.24) is 0 Å². The van der Waals surface area contributed by atoms with E-state index in [1.807, 2.05) is 26.8 Å². The molecule has 0 aliphatic heterocycles. The minimum Gasteiger partial charge on any atom is -0.393 e. The van der Waals surface area contributed by atoms with Gasteiger partial charge in [-0.05, 0) is 55.6 Å². The topological polar surface area (TPSA) is 83.8 Å². The number of hydrogen-bond acceptors (Lipinski definition) is 5. The molecule has 0 saturated heterocycles. The fraction of sp³-hybridized carbons (Fsp3) is 0.760. The van der Waals surface area contributed by atoms with Gasteiger partial charge in [0.1, 0.15) is 12.2 Å². The van der Waals surface area contributed by atoms with Gasteiger partial charge in [-0.3, -0.25) is 9.59 Å². The molecular weight excluding hydrogens is 380 g/mol. The average molecular weight is 419 g/mol. The number of allylic oxidation sites excluding steroid dienone is 4. The summed E-state index contributed by atoms with van der Waals surface area (Å²) in [5, 5.41) is 22.8. The molecule has 5 nitrogen and oxygen atoms in total. The summed E-state index contributed by atoms with van der Waals surface area (Å²) >= 11 is 0. The number of Topliss-reactive ketones (excluding diaryl/α,β-unsaturated/α-hetero) is 1. The summed E-state index contributed by atoms with van der Waals surface area (Å²) < 4.78 is 5.03. The van der Waals surface area contributed by atoms with E-state index >= 15 is 0 Å². The third-order valence-corrected chi connectivity index (χ3v) is 8.71. The molecule has 0 radical (unpaired) electrons. The van der Waals surface area contributed by atoms with Crippen LogP contribution in [0.1, 0.15) is 60.3 Å². The highest BCUT2D eigenvalue weighted by Crippen LogP contribution is 2.67. The van der Waals surface area contributed by atoms with E-state index < -0.39 is 17.1 Å². The van der Waals surface area contributed by atoms with Crippen LogP contribution in [0.5, 0.6) is 0 Å². The second kappa shape index (κ2) is 7.99. The maximum atomic E-state index is 12.8. The zero-order valence-corrected chi connectivity index (χ0v) is 19.3. The normalized spacial score (nSPS) is 46.7. The maximum absolute atomic E-state index is 12.8. The molecule has 5 heteroatoms. The number of ether oxygens (including phenoxy) is 1. The van der Waals surface area contributed by atoms with Crippen molar-refractivity contribution < 1.29 is 24.5 Å². The van der Waals surface area contributed by atoms with Crippen LogP contribution in [0.15, 0.2) is 23.8 Å². The van der Waals surface area contributed by atoms with Gasteiger partial charge in [0.2, 0.25) is 0 Å². The fourth-order valence-electron chi connectivity index (χ4n) is 7.46. The molecule has 4 aliphatic carbocycles. The maximum Gasteiger partial charge on any atom is 0.190 e. The molecular formula is C25H38O5. The van der Waals surface area contributed by atoms with E-state index in [1.165, 1.54) is 7.11 Å². The molecule has 30 heavy (non-hydrogen) atoms. The van der Waals surface area contributed by atoms with E-state index in [0.717, 1.165) is 18.4 Å².